The van der Waals surface area contributed by atoms with Crippen molar-refractivity contribution in [2.75, 3.05) is 13.2 Å². The van der Waals surface area contributed by atoms with Gasteiger partial charge in [0.05, 0.1) is 6.61 Å². The number of nitrogens with one attached hydrogen (secondary N) is 1. The van der Waals surface area contributed by atoms with Crippen LogP contribution in [0.2, 0.25) is 16.6 Å². The van der Waals surface area contributed by atoms with E-state index in [9.17, 15) is 4.79 Å². The van der Waals surface area contributed by atoms with Crippen LogP contribution >= 0.6 is 0 Å². The molecular weight excluding hydrogens is 242 g/mol. The molecule has 0 aromatic rings. The minimum Gasteiger partial charge on any atom is -0.414 e. The van der Waals surface area contributed by atoms with Gasteiger partial charge in [0, 0.05) is 6.54 Å². The van der Waals surface area contributed by atoms with E-state index >= 15 is 0 Å². The predicted molar refractivity (Wildman–Crippen MR) is 80.2 cm³/mol. The van der Waals surface area contributed by atoms with Crippen molar-refractivity contribution in [2.45, 2.75) is 58.2 Å². The lowest BCUT2D eigenvalue weighted by Crippen LogP contribution is -2.49. The van der Waals surface area contributed by atoms with E-state index < -0.39 is 8.32 Å². The summed E-state index contributed by atoms with van der Waals surface area (Å²) in [5.74, 6) is -0.135. The van der Waals surface area contributed by atoms with E-state index in [4.69, 9.17) is 4.43 Å². The number of rotatable bonds is 8. The molecular formula is C14H29NO2Si. The van der Waals surface area contributed by atoms with E-state index in [0.29, 0.717) is 29.8 Å². The van der Waals surface area contributed by atoms with Crippen LogP contribution in [0.4, 0.5) is 0 Å². The van der Waals surface area contributed by atoms with E-state index in [1.165, 1.54) is 6.08 Å². The molecule has 0 aromatic carbocycles. The van der Waals surface area contributed by atoms with Crippen molar-refractivity contribution in [3.63, 3.8) is 0 Å². The number of carbonyl (C=O) groups excluding carboxylic acids is 1. The van der Waals surface area contributed by atoms with Crippen LogP contribution in [0.5, 0.6) is 0 Å². The smallest absolute Gasteiger partial charge is 0.243 e. The Hall–Kier alpha value is -0.613. The third kappa shape index (κ3) is 4.25. The number of hydrogen-bond donors (Lipinski definition) is 1. The summed E-state index contributed by atoms with van der Waals surface area (Å²) >= 11 is 0. The third-order valence-corrected chi connectivity index (χ3v) is 9.76. The zero-order valence-electron chi connectivity index (χ0n) is 12.7. The maximum absolute atomic E-state index is 11.1. The first kappa shape index (κ1) is 17.4. The third-order valence-electron chi connectivity index (χ3n) is 3.65. The van der Waals surface area contributed by atoms with Gasteiger partial charge in [-0.05, 0) is 22.7 Å². The second kappa shape index (κ2) is 7.74. The van der Waals surface area contributed by atoms with Gasteiger partial charge < -0.3 is 9.74 Å². The van der Waals surface area contributed by atoms with Crippen molar-refractivity contribution in [3.8, 4) is 0 Å². The van der Waals surface area contributed by atoms with Crippen LogP contribution < -0.4 is 5.32 Å². The summed E-state index contributed by atoms with van der Waals surface area (Å²) in [6.45, 7) is 18.1. The minimum atomic E-state index is -1.79. The van der Waals surface area contributed by atoms with Crippen LogP contribution in [-0.2, 0) is 9.22 Å². The van der Waals surface area contributed by atoms with Gasteiger partial charge in [0.15, 0.2) is 8.32 Å². The molecule has 0 radical (unpaired) electrons. The summed E-state index contributed by atoms with van der Waals surface area (Å²) in [6.07, 6.45) is 1.29. The molecule has 18 heavy (non-hydrogen) atoms. The van der Waals surface area contributed by atoms with Gasteiger partial charge in [0.2, 0.25) is 5.91 Å². The Balaban J connectivity index is 4.52. The fraction of sp³-hybridized carbons (Fsp3) is 0.786. The maximum Gasteiger partial charge on any atom is 0.243 e. The largest absolute Gasteiger partial charge is 0.414 e. The first-order valence-electron chi connectivity index (χ1n) is 6.83. The van der Waals surface area contributed by atoms with Crippen LogP contribution in [0.1, 0.15) is 41.5 Å². The molecule has 0 aliphatic heterocycles. The highest BCUT2D eigenvalue weighted by molar-refractivity contribution is 6.77. The molecule has 106 valence electrons. The van der Waals surface area contributed by atoms with Crippen LogP contribution in [0.15, 0.2) is 12.7 Å². The van der Waals surface area contributed by atoms with Crippen molar-refractivity contribution in [3.05, 3.63) is 12.7 Å². The number of carbonyl (C=O) groups is 1. The Kier molecular flexibility index (Phi) is 7.48. The summed E-state index contributed by atoms with van der Waals surface area (Å²) in [5, 5.41) is 2.76. The summed E-state index contributed by atoms with van der Waals surface area (Å²) in [5.41, 5.74) is 1.73. The molecule has 0 bridgehead atoms. The summed E-state index contributed by atoms with van der Waals surface area (Å²) in [7, 11) is -1.79. The lowest BCUT2D eigenvalue weighted by molar-refractivity contribution is -0.116. The second-order valence-corrected chi connectivity index (χ2v) is 11.1. The van der Waals surface area contributed by atoms with Crippen LogP contribution in [-0.4, -0.2) is 27.4 Å². The normalized spacial score (nSPS) is 12.3. The van der Waals surface area contributed by atoms with Gasteiger partial charge in [-0.15, -0.1) is 0 Å². The highest BCUT2D eigenvalue weighted by Gasteiger charge is 2.44. The molecule has 1 amide bonds. The first-order valence-corrected chi connectivity index (χ1v) is 8.97. The Morgan fingerprint density at radius 1 is 1.17 bits per heavy atom. The maximum atomic E-state index is 11.1. The number of hydrogen-bond acceptors (Lipinski definition) is 2. The minimum absolute atomic E-state index is 0.135. The van der Waals surface area contributed by atoms with Crippen LogP contribution in [0.3, 0.4) is 0 Å². The van der Waals surface area contributed by atoms with Crippen molar-refractivity contribution in [1.29, 1.82) is 0 Å². The highest BCUT2D eigenvalue weighted by Crippen LogP contribution is 2.41. The fourth-order valence-electron chi connectivity index (χ4n) is 2.97. The molecule has 0 fully saturated rings. The quantitative estimate of drug-likeness (QED) is 0.417. The van der Waals surface area contributed by atoms with Gasteiger partial charge in [0.25, 0.3) is 0 Å². The van der Waals surface area contributed by atoms with Crippen molar-refractivity contribution >= 4 is 14.2 Å². The molecule has 0 aliphatic carbocycles. The lowest BCUT2D eigenvalue weighted by Gasteiger charge is -2.42. The second-order valence-electron chi connectivity index (χ2n) is 5.66. The summed E-state index contributed by atoms with van der Waals surface area (Å²) in [4.78, 5) is 11.1. The first-order chi connectivity index (χ1) is 8.28. The lowest BCUT2D eigenvalue weighted by atomic mass is 10.5. The molecule has 0 aliphatic rings. The van der Waals surface area contributed by atoms with Crippen LogP contribution in [0.25, 0.3) is 0 Å². The Morgan fingerprint density at radius 2 is 1.61 bits per heavy atom. The van der Waals surface area contributed by atoms with E-state index in [0.717, 1.165) is 0 Å². The van der Waals surface area contributed by atoms with Crippen LogP contribution in [0, 0.1) is 0 Å². The average Bonchev–Trinajstić information content (AvgIpc) is 2.27. The summed E-state index contributed by atoms with van der Waals surface area (Å²) in [6, 6.07) is 0. The average molecular weight is 271 g/mol. The van der Waals surface area contributed by atoms with Gasteiger partial charge >= 0.3 is 0 Å². The van der Waals surface area contributed by atoms with Gasteiger partial charge in [0.1, 0.15) is 0 Å². The fourth-order valence-corrected chi connectivity index (χ4v) is 8.43. The van der Waals surface area contributed by atoms with Crippen molar-refractivity contribution < 1.29 is 9.22 Å². The van der Waals surface area contributed by atoms with Gasteiger partial charge in [-0.1, -0.05) is 48.1 Å². The zero-order valence-corrected chi connectivity index (χ0v) is 13.7. The molecule has 0 heterocycles. The predicted octanol–water partition coefficient (Wildman–Crippen LogP) is 3.48. The molecule has 4 heteroatoms. The van der Waals surface area contributed by atoms with E-state index in [-0.39, 0.29) is 5.91 Å². The van der Waals surface area contributed by atoms with Gasteiger partial charge in [-0.25, -0.2) is 0 Å². The highest BCUT2D eigenvalue weighted by atomic mass is 28.4. The van der Waals surface area contributed by atoms with Crippen molar-refractivity contribution in [1.82, 2.24) is 5.32 Å². The van der Waals surface area contributed by atoms with Gasteiger partial charge in [-0.3, -0.25) is 4.79 Å². The molecule has 0 unspecified atom stereocenters. The van der Waals surface area contributed by atoms with E-state index in [2.05, 4.69) is 53.4 Å². The molecule has 0 rings (SSSR count). The molecule has 0 spiro atoms. The van der Waals surface area contributed by atoms with E-state index in [1.54, 1.807) is 0 Å². The molecule has 0 aromatic heterocycles. The molecule has 0 saturated heterocycles. The molecule has 3 nitrogen and oxygen atoms in total. The zero-order chi connectivity index (χ0) is 14.3. The SMILES string of the molecule is C=CC(=O)NCCO[Si](C(C)C)(C(C)C)C(C)C. The summed E-state index contributed by atoms with van der Waals surface area (Å²) < 4.78 is 6.30. The molecule has 0 atom stereocenters. The van der Waals surface area contributed by atoms with Gasteiger partial charge in [-0.2, -0.15) is 0 Å². The van der Waals surface area contributed by atoms with E-state index in [1.807, 2.05) is 0 Å². The molecule has 0 saturated carbocycles. The monoisotopic (exact) mass is 271 g/mol. The topological polar surface area (TPSA) is 38.3 Å². The Bertz CT molecular complexity index is 253. The standard InChI is InChI=1S/C14H29NO2Si/c1-8-14(16)15-9-10-17-18(11(2)3,12(4)5)13(6)7/h8,11-13H,1,9-10H2,2-7H3,(H,15,16). The Labute approximate surface area is 113 Å². The van der Waals surface area contributed by atoms with Crippen molar-refractivity contribution in [2.24, 2.45) is 0 Å². The molecule has 1 N–H and O–H groups in total. The number of amides is 1. The Morgan fingerprint density at radius 3 is 1.94 bits per heavy atom.